The van der Waals surface area contributed by atoms with E-state index in [1.807, 2.05) is 25.1 Å². The van der Waals surface area contributed by atoms with Crippen molar-refractivity contribution in [3.63, 3.8) is 0 Å². The van der Waals surface area contributed by atoms with Crippen molar-refractivity contribution in [1.29, 1.82) is 0 Å². The molecule has 186 valence electrons. The molecule has 0 saturated carbocycles. The van der Waals surface area contributed by atoms with Gasteiger partial charge in [0.05, 0.1) is 10.6 Å². The SMILES string of the molecule is C1CCNCC1.CCc1ccccc1NC(=O)c1cccc(-c2ccc(Cl)c(O)c2)c1F.O=CO. The number of nitrogens with one attached hydrogen (secondary N) is 2. The molecule has 1 aliphatic rings. The number of para-hydroxylation sites is 1. The predicted molar refractivity (Wildman–Crippen MR) is 138 cm³/mol. The summed E-state index contributed by atoms with van der Waals surface area (Å²) in [6.45, 7) is 4.24. The molecular weight excluding hydrogens is 471 g/mol. The first-order valence-corrected chi connectivity index (χ1v) is 11.8. The molecule has 1 heterocycles. The number of aryl methyl sites for hydroxylation is 1. The zero-order valence-corrected chi connectivity index (χ0v) is 20.3. The largest absolute Gasteiger partial charge is 0.506 e. The number of benzene rings is 3. The van der Waals surface area contributed by atoms with Crippen molar-refractivity contribution in [2.75, 3.05) is 18.4 Å². The first-order chi connectivity index (χ1) is 16.9. The van der Waals surface area contributed by atoms with Gasteiger partial charge < -0.3 is 20.8 Å². The smallest absolute Gasteiger partial charge is 0.290 e. The van der Waals surface area contributed by atoms with E-state index in [1.165, 1.54) is 50.6 Å². The Hall–Kier alpha value is -3.42. The number of piperidine rings is 1. The van der Waals surface area contributed by atoms with Crippen LogP contribution in [-0.4, -0.2) is 35.7 Å². The highest BCUT2D eigenvalue weighted by Gasteiger charge is 2.17. The van der Waals surface area contributed by atoms with Crippen LogP contribution in [0.2, 0.25) is 5.02 Å². The molecule has 0 aromatic heterocycles. The lowest BCUT2D eigenvalue weighted by Crippen LogP contribution is -2.21. The fourth-order valence-electron chi connectivity index (χ4n) is 3.55. The Labute approximate surface area is 209 Å². The lowest BCUT2D eigenvalue weighted by atomic mass is 10.0. The molecule has 6 nitrogen and oxygen atoms in total. The Bertz CT molecular complexity index is 1110. The van der Waals surface area contributed by atoms with E-state index in [9.17, 15) is 14.3 Å². The fourth-order valence-corrected chi connectivity index (χ4v) is 3.67. The second kappa shape index (κ2) is 14.8. The normalized spacial score (nSPS) is 12.3. The molecule has 0 aliphatic carbocycles. The number of aromatic hydroxyl groups is 1. The maximum Gasteiger partial charge on any atom is 0.290 e. The number of hydrogen-bond donors (Lipinski definition) is 4. The van der Waals surface area contributed by atoms with Gasteiger partial charge in [-0.1, -0.05) is 61.3 Å². The van der Waals surface area contributed by atoms with Crippen LogP contribution in [0.5, 0.6) is 5.75 Å². The number of anilines is 1. The van der Waals surface area contributed by atoms with E-state index in [-0.39, 0.29) is 28.4 Å². The van der Waals surface area contributed by atoms with Crippen LogP contribution in [0.15, 0.2) is 60.7 Å². The molecule has 3 aromatic rings. The molecule has 1 aliphatic heterocycles. The minimum absolute atomic E-state index is 0.0668. The number of phenols is 1. The monoisotopic (exact) mass is 500 g/mol. The van der Waals surface area contributed by atoms with Crippen molar-refractivity contribution in [2.45, 2.75) is 32.6 Å². The van der Waals surface area contributed by atoms with Crippen molar-refractivity contribution in [3.8, 4) is 16.9 Å². The van der Waals surface area contributed by atoms with Crippen LogP contribution >= 0.6 is 11.6 Å². The van der Waals surface area contributed by atoms with E-state index >= 15 is 0 Å². The molecule has 1 fully saturated rings. The second-order valence-electron chi connectivity index (χ2n) is 7.71. The van der Waals surface area contributed by atoms with Crippen LogP contribution in [0.25, 0.3) is 11.1 Å². The maximum absolute atomic E-state index is 15.0. The molecule has 0 unspecified atom stereocenters. The number of carbonyl (C=O) groups excluding carboxylic acids is 1. The van der Waals surface area contributed by atoms with Gasteiger partial charge in [0.1, 0.15) is 11.6 Å². The van der Waals surface area contributed by atoms with Gasteiger partial charge in [0, 0.05) is 11.3 Å². The van der Waals surface area contributed by atoms with E-state index in [0.717, 1.165) is 12.0 Å². The Morgan fingerprint density at radius 2 is 1.77 bits per heavy atom. The topological polar surface area (TPSA) is 98.7 Å². The third-order valence-electron chi connectivity index (χ3n) is 5.35. The van der Waals surface area contributed by atoms with Gasteiger partial charge in [0.25, 0.3) is 12.4 Å². The van der Waals surface area contributed by atoms with E-state index in [4.69, 9.17) is 21.5 Å². The zero-order chi connectivity index (χ0) is 25.6. The van der Waals surface area contributed by atoms with Crippen molar-refractivity contribution in [1.82, 2.24) is 5.32 Å². The molecule has 0 radical (unpaired) electrons. The Balaban J connectivity index is 0.000000406. The second-order valence-corrected chi connectivity index (χ2v) is 8.12. The summed E-state index contributed by atoms with van der Waals surface area (Å²) >= 11 is 5.80. The maximum atomic E-state index is 15.0. The van der Waals surface area contributed by atoms with Gasteiger partial charge in [0.2, 0.25) is 0 Å². The summed E-state index contributed by atoms with van der Waals surface area (Å²) in [6, 6.07) is 16.4. The van der Waals surface area contributed by atoms with Crippen molar-refractivity contribution >= 4 is 29.7 Å². The molecule has 4 N–H and O–H groups in total. The fraction of sp³-hybridized carbons (Fsp3) is 0.259. The molecule has 0 spiro atoms. The van der Waals surface area contributed by atoms with E-state index in [1.54, 1.807) is 24.3 Å². The Kier molecular flexibility index (Phi) is 11.7. The lowest BCUT2D eigenvalue weighted by Gasteiger charge is -2.12. The number of amides is 1. The van der Waals surface area contributed by atoms with Gasteiger partial charge in [-0.05, 0) is 67.7 Å². The third-order valence-corrected chi connectivity index (χ3v) is 5.67. The molecule has 0 bridgehead atoms. The lowest BCUT2D eigenvalue weighted by molar-refractivity contribution is -0.122. The van der Waals surface area contributed by atoms with Crippen LogP contribution in [-0.2, 0) is 11.2 Å². The zero-order valence-electron chi connectivity index (χ0n) is 19.6. The minimum atomic E-state index is -0.652. The molecule has 4 rings (SSSR count). The first-order valence-electron chi connectivity index (χ1n) is 11.4. The Morgan fingerprint density at radius 3 is 2.34 bits per heavy atom. The van der Waals surface area contributed by atoms with Gasteiger partial charge in [-0.2, -0.15) is 0 Å². The summed E-state index contributed by atoms with van der Waals surface area (Å²) in [5.41, 5.74) is 2.22. The summed E-state index contributed by atoms with van der Waals surface area (Å²) in [5.74, 6) is -1.32. The molecule has 3 aromatic carbocycles. The average molecular weight is 501 g/mol. The highest BCUT2D eigenvalue weighted by atomic mass is 35.5. The summed E-state index contributed by atoms with van der Waals surface area (Å²) in [6.07, 6.45) is 4.97. The molecule has 8 heteroatoms. The number of halogens is 2. The standard InChI is InChI=1S/C21H17ClFNO2.C5H11N.CH2O2/c1-2-13-6-3-4-9-18(13)24-21(26)16-8-5-7-15(20(16)23)14-10-11-17(22)19(25)12-14;1-2-4-6-5-3-1;2-1-3/h3-12,25H,2H2,1H3,(H,24,26);6H,1-5H2;1H,(H,2,3). The van der Waals surface area contributed by atoms with Crippen molar-refractivity contribution in [2.24, 2.45) is 0 Å². The minimum Gasteiger partial charge on any atom is -0.506 e. The number of phenolic OH excluding ortho intramolecular Hbond substituents is 1. The highest BCUT2D eigenvalue weighted by Crippen LogP contribution is 2.32. The summed E-state index contributed by atoms with van der Waals surface area (Å²) in [5, 5.41) is 22.9. The van der Waals surface area contributed by atoms with E-state index in [2.05, 4.69) is 10.6 Å². The molecule has 0 atom stereocenters. The van der Waals surface area contributed by atoms with E-state index in [0.29, 0.717) is 11.3 Å². The van der Waals surface area contributed by atoms with Crippen LogP contribution in [0.3, 0.4) is 0 Å². The average Bonchev–Trinajstić information content (AvgIpc) is 2.88. The third kappa shape index (κ3) is 8.38. The number of rotatable bonds is 4. The van der Waals surface area contributed by atoms with Crippen molar-refractivity contribution in [3.05, 3.63) is 82.6 Å². The van der Waals surface area contributed by atoms with Gasteiger partial charge in [-0.15, -0.1) is 0 Å². The summed E-state index contributed by atoms with van der Waals surface area (Å²) < 4.78 is 15.0. The van der Waals surface area contributed by atoms with Gasteiger partial charge in [0.15, 0.2) is 0 Å². The first kappa shape index (κ1) is 27.8. The van der Waals surface area contributed by atoms with Crippen LogP contribution in [0.1, 0.15) is 42.1 Å². The van der Waals surface area contributed by atoms with Gasteiger partial charge in [-0.3, -0.25) is 9.59 Å². The molecule has 1 saturated heterocycles. The van der Waals surface area contributed by atoms with Crippen LogP contribution < -0.4 is 10.6 Å². The van der Waals surface area contributed by atoms with Crippen molar-refractivity contribution < 1.29 is 24.2 Å². The van der Waals surface area contributed by atoms with Gasteiger partial charge in [-0.25, -0.2) is 4.39 Å². The highest BCUT2D eigenvalue weighted by molar-refractivity contribution is 6.32. The molecular formula is C27H30ClFN2O4. The summed E-state index contributed by atoms with van der Waals surface area (Å²) in [4.78, 5) is 20.9. The van der Waals surface area contributed by atoms with Crippen LogP contribution in [0.4, 0.5) is 10.1 Å². The summed E-state index contributed by atoms with van der Waals surface area (Å²) in [7, 11) is 0. The predicted octanol–water partition coefficient (Wildman–Crippen LogP) is 6.13. The molecule has 35 heavy (non-hydrogen) atoms. The quantitative estimate of drug-likeness (QED) is 0.323. The van der Waals surface area contributed by atoms with Gasteiger partial charge >= 0.3 is 0 Å². The van der Waals surface area contributed by atoms with E-state index < -0.39 is 11.7 Å². The molecule has 1 amide bonds. The van der Waals surface area contributed by atoms with Crippen LogP contribution in [0, 0.1) is 5.82 Å². The number of carboxylic acid groups (broad SMARTS) is 1. The Morgan fingerprint density at radius 1 is 1.09 bits per heavy atom. The number of hydrogen-bond acceptors (Lipinski definition) is 4. The number of carbonyl (C=O) groups is 2.